The van der Waals surface area contributed by atoms with Crippen molar-refractivity contribution in [1.82, 2.24) is 25.1 Å². The van der Waals surface area contributed by atoms with Crippen LogP contribution >= 0.6 is 36.6 Å². The third kappa shape index (κ3) is 7.26. The van der Waals surface area contributed by atoms with Crippen LogP contribution in [0, 0.1) is 6.92 Å². The predicted molar refractivity (Wildman–Crippen MR) is 121 cm³/mol. The van der Waals surface area contributed by atoms with E-state index >= 15 is 0 Å². The van der Waals surface area contributed by atoms with Gasteiger partial charge in [-0.1, -0.05) is 12.1 Å². The third-order valence-electron chi connectivity index (χ3n) is 3.98. The summed E-state index contributed by atoms with van der Waals surface area (Å²) in [6.45, 7) is 2.68. The number of benzene rings is 1. The summed E-state index contributed by atoms with van der Waals surface area (Å²) in [5.74, 6) is 2.84. The number of imidazole rings is 1. The summed E-state index contributed by atoms with van der Waals surface area (Å²) in [7, 11) is 1.61. The van der Waals surface area contributed by atoms with E-state index in [0.29, 0.717) is 24.6 Å². The highest BCUT2D eigenvalue weighted by Crippen LogP contribution is 2.14. The molecule has 0 unspecified atom stereocenters. The van der Waals surface area contributed by atoms with Crippen LogP contribution in [0.3, 0.4) is 0 Å². The highest BCUT2D eigenvalue weighted by molar-refractivity contribution is 7.98. The summed E-state index contributed by atoms with van der Waals surface area (Å²) in [5.41, 5.74) is 3.24. The van der Waals surface area contributed by atoms with Gasteiger partial charge in [0, 0.05) is 30.2 Å². The van der Waals surface area contributed by atoms with Crippen LogP contribution in [-0.2, 0) is 12.2 Å². The molecule has 3 rings (SSSR count). The highest BCUT2D eigenvalue weighted by Gasteiger charge is 2.07. The van der Waals surface area contributed by atoms with Gasteiger partial charge >= 0.3 is 0 Å². The molecule has 0 fully saturated rings. The number of aryl methyl sites for hydroxylation is 1. The molecule has 2 aromatic heterocycles. The van der Waals surface area contributed by atoms with E-state index in [1.807, 2.05) is 31.2 Å². The minimum atomic E-state index is -0.241. The number of H-pyrrole nitrogens is 2. The summed E-state index contributed by atoms with van der Waals surface area (Å²) in [4.78, 5) is 22.3. The molecule has 0 saturated heterocycles. The second-order valence-electron chi connectivity index (χ2n) is 5.93. The minimum Gasteiger partial charge on any atom is -0.497 e. The number of anilines is 1. The molecular weight excluding hydrogens is 435 g/mol. The molecule has 1 aromatic carbocycles. The number of ether oxygens (including phenoxy) is 1. The molecule has 158 valence electrons. The number of hydrogen-bond donors (Lipinski definition) is 3. The van der Waals surface area contributed by atoms with Crippen molar-refractivity contribution in [2.45, 2.75) is 19.1 Å². The lowest BCUT2D eigenvalue weighted by Crippen LogP contribution is -2.20. The Morgan fingerprint density at radius 3 is 2.72 bits per heavy atom. The largest absolute Gasteiger partial charge is 0.497 e. The zero-order valence-corrected chi connectivity index (χ0v) is 18.5. The zero-order valence-electron chi connectivity index (χ0n) is 16.1. The normalized spacial score (nSPS) is 10.0. The van der Waals surface area contributed by atoms with Gasteiger partial charge in [-0.25, -0.2) is 4.98 Å². The Bertz CT molecular complexity index is 950. The molecule has 0 saturated carbocycles. The van der Waals surface area contributed by atoms with Gasteiger partial charge < -0.3 is 15.0 Å². The van der Waals surface area contributed by atoms with E-state index in [1.54, 1.807) is 25.2 Å². The van der Waals surface area contributed by atoms with Crippen LogP contribution in [0.25, 0.3) is 0 Å². The van der Waals surface area contributed by atoms with Crippen molar-refractivity contribution in [3.63, 3.8) is 0 Å². The number of rotatable bonds is 9. The molecule has 8 nitrogen and oxygen atoms in total. The molecule has 0 radical (unpaired) electrons. The van der Waals surface area contributed by atoms with Gasteiger partial charge in [-0.15, -0.1) is 35.0 Å². The predicted octanol–water partition coefficient (Wildman–Crippen LogP) is 2.98. The van der Waals surface area contributed by atoms with E-state index in [4.69, 9.17) is 4.74 Å². The molecule has 2 heterocycles. The Labute approximate surface area is 185 Å². The molecule has 29 heavy (non-hydrogen) atoms. The molecule has 0 aliphatic carbocycles. The molecule has 0 bridgehead atoms. The van der Waals surface area contributed by atoms with Crippen LogP contribution in [0.15, 0.2) is 35.4 Å². The Balaban J connectivity index is 0.00000210. The molecule has 0 atom stereocenters. The highest BCUT2D eigenvalue weighted by atomic mass is 35.5. The first kappa shape index (κ1) is 24.8. The van der Waals surface area contributed by atoms with Crippen LogP contribution in [0.2, 0.25) is 0 Å². The number of nitrogens with one attached hydrogen (secondary N) is 3. The first-order valence-corrected chi connectivity index (χ1v) is 9.70. The van der Waals surface area contributed by atoms with Crippen LogP contribution in [-0.4, -0.2) is 44.6 Å². The molecule has 11 heteroatoms. The maximum atomic E-state index is 12.2. The Morgan fingerprint density at radius 1 is 1.21 bits per heavy atom. The average Bonchev–Trinajstić information content (AvgIpc) is 3.08. The van der Waals surface area contributed by atoms with Crippen molar-refractivity contribution >= 4 is 42.5 Å². The fourth-order valence-corrected chi connectivity index (χ4v) is 3.35. The van der Waals surface area contributed by atoms with Crippen LogP contribution in [0.5, 0.6) is 5.75 Å². The fourth-order valence-electron chi connectivity index (χ4n) is 2.47. The van der Waals surface area contributed by atoms with Crippen molar-refractivity contribution in [2.75, 3.05) is 24.7 Å². The first-order chi connectivity index (χ1) is 13.2. The molecule has 0 aliphatic heterocycles. The van der Waals surface area contributed by atoms with E-state index in [1.165, 1.54) is 0 Å². The summed E-state index contributed by atoms with van der Waals surface area (Å²) in [6.07, 6.45) is 2.11. The van der Waals surface area contributed by atoms with Crippen molar-refractivity contribution in [3.05, 3.63) is 63.6 Å². The molecule has 3 aromatic rings. The van der Waals surface area contributed by atoms with Crippen LogP contribution < -0.4 is 15.6 Å². The lowest BCUT2D eigenvalue weighted by Gasteiger charge is -2.06. The topological polar surface area (TPSA) is 109 Å². The lowest BCUT2D eigenvalue weighted by atomic mass is 10.1. The number of aromatic nitrogens is 5. The van der Waals surface area contributed by atoms with Crippen LogP contribution in [0.1, 0.15) is 22.6 Å². The quantitative estimate of drug-likeness (QED) is 0.422. The van der Waals surface area contributed by atoms with E-state index < -0.39 is 0 Å². The van der Waals surface area contributed by atoms with Crippen molar-refractivity contribution in [2.24, 2.45) is 0 Å². The second-order valence-corrected chi connectivity index (χ2v) is 7.04. The van der Waals surface area contributed by atoms with Gasteiger partial charge in [-0.2, -0.15) is 11.8 Å². The maximum Gasteiger partial charge on any atom is 0.274 e. The monoisotopic (exact) mass is 458 g/mol. The van der Waals surface area contributed by atoms with Gasteiger partial charge in [0.1, 0.15) is 11.4 Å². The molecular formula is C18H24Cl2N6O2S. The van der Waals surface area contributed by atoms with Gasteiger partial charge in [0.15, 0.2) is 0 Å². The molecule has 0 amide bonds. The molecule has 0 spiro atoms. The molecule has 3 N–H and O–H groups in total. The first-order valence-electron chi connectivity index (χ1n) is 8.55. The van der Waals surface area contributed by atoms with Gasteiger partial charge in [-0.3, -0.25) is 9.78 Å². The Kier molecular flexibility index (Phi) is 10.6. The Morgan fingerprint density at radius 2 is 2.03 bits per heavy atom. The average molecular weight is 459 g/mol. The summed E-state index contributed by atoms with van der Waals surface area (Å²) >= 11 is 1.76. The lowest BCUT2D eigenvalue weighted by molar-refractivity contribution is 0.414. The number of nitrogens with zero attached hydrogens (tertiary/aromatic N) is 3. The molecule has 0 aliphatic rings. The van der Waals surface area contributed by atoms with E-state index in [2.05, 4.69) is 30.5 Å². The Hall–Kier alpha value is -2.23. The summed E-state index contributed by atoms with van der Waals surface area (Å²) in [6, 6.07) is 7.55. The SMILES string of the molecule is COc1cccc(Cc2nnc(NCCSCc3nc[nH]c3C)[nH]c2=O)c1.Cl.Cl. The fraction of sp³-hybridized carbons (Fsp3) is 0.333. The van der Waals surface area contributed by atoms with Gasteiger partial charge in [-0.05, 0) is 24.6 Å². The third-order valence-corrected chi connectivity index (χ3v) is 4.95. The summed E-state index contributed by atoms with van der Waals surface area (Å²) < 4.78 is 5.20. The number of hydrogen-bond acceptors (Lipinski definition) is 7. The van der Waals surface area contributed by atoms with Gasteiger partial charge in [0.25, 0.3) is 5.56 Å². The van der Waals surface area contributed by atoms with Crippen molar-refractivity contribution < 1.29 is 4.74 Å². The maximum absolute atomic E-state index is 12.2. The number of halogens is 2. The van der Waals surface area contributed by atoms with E-state index in [9.17, 15) is 4.79 Å². The second kappa shape index (κ2) is 12.4. The van der Waals surface area contributed by atoms with E-state index in [-0.39, 0.29) is 30.4 Å². The number of thioether (sulfide) groups is 1. The number of methoxy groups -OCH3 is 1. The number of aromatic amines is 2. The van der Waals surface area contributed by atoms with Crippen molar-refractivity contribution in [1.29, 1.82) is 0 Å². The van der Waals surface area contributed by atoms with E-state index in [0.717, 1.165) is 34.2 Å². The standard InChI is InChI=1S/C18H22N6O2S.2ClH/c1-12-16(21-11-20-12)10-27-7-6-19-18-22-17(25)15(23-24-18)9-13-4-3-5-14(8-13)26-2;;/h3-5,8,11H,6-7,9-10H2,1-2H3,(H,20,21)(H2,19,22,24,25);2*1H. The van der Waals surface area contributed by atoms with Crippen LogP contribution in [0.4, 0.5) is 5.95 Å². The summed E-state index contributed by atoms with van der Waals surface area (Å²) in [5, 5.41) is 11.2. The minimum absolute atomic E-state index is 0. The zero-order chi connectivity index (χ0) is 19.1. The van der Waals surface area contributed by atoms with Crippen molar-refractivity contribution in [3.8, 4) is 5.75 Å². The van der Waals surface area contributed by atoms with Gasteiger partial charge in [0.2, 0.25) is 5.95 Å². The van der Waals surface area contributed by atoms with Gasteiger partial charge in [0.05, 0.1) is 19.1 Å². The smallest absolute Gasteiger partial charge is 0.274 e.